The van der Waals surface area contributed by atoms with E-state index in [1.807, 2.05) is 11.6 Å². The molecule has 1 saturated carbocycles. The van der Waals surface area contributed by atoms with E-state index in [0.29, 0.717) is 12.6 Å². The van der Waals surface area contributed by atoms with E-state index in [0.717, 1.165) is 17.7 Å². The summed E-state index contributed by atoms with van der Waals surface area (Å²) in [6.45, 7) is 2.97. The molecule has 106 valence electrons. The van der Waals surface area contributed by atoms with Gasteiger partial charge in [0.1, 0.15) is 6.33 Å². The molecule has 6 heteroatoms. The molecule has 2 rings (SSSR count). The van der Waals surface area contributed by atoms with Crippen molar-refractivity contribution in [3.05, 3.63) is 12.2 Å². The minimum atomic E-state index is 0.543. The van der Waals surface area contributed by atoms with Crippen LogP contribution in [0.1, 0.15) is 38.4 Å². The van der Waals surface area contributed by atoms with Gasteiger partial charge >= 0.3 is 0 Å². The van der Waals surface area contributed by atoms with Gasteiger partial charge in [0.2, 0.25) is 0 Å². The molecule has 0 bridgehead atoms. The number of aryl methyl sites for hydroxylation is 1. The molecule has 0 unspecified atom stereocenters. The number of guanidine groups is 1. The van der Waals surface area contributed by atoms with Gasteiger partial charge in [0.25, 0.3) is 0 Å². The molecule has 0 radical (unpaired) electrons. The van der Waals surface area contributed by atoms with Gasteiger partial charge < -0.3 is 15.2 Å². The predicted molar refractivity (Wildman–Crippen MR) is 75.8 cm³/mol. The first-order valence-electron chi connectivity index (χ1n) is 6.99. The first kappa shape index (κ1) is 13.8. The zero-order chi connectivity index (χ0) is 13.7. The van der Waals surface area contributed by atoms with E-state index in [9.17, 15) is 0 Å². The lowest BCUT2D eigenvalue weighted by Crippen LogP contribution is -2.44. The van der Waals surface area contributed by atoms with E-state index in [4.69, 9.17) is 0 Å². The van der Waals surface area contributed by atoms with Crippen molar-refractivity contribution in [3.63, 3.8) is 0 Å². The fourth-order valence-electron chi connectivity index (χ4n) is 2.42. The Morgan fingerprint density at radius 2 is 2.16 bits per heavy atom. The third-order valence-corrected chi connectivity index (χ3v) is 3.80. The molecule has 1 aliphatic rings. The smallest absolute Gasteiger partial charge is 0.191 e. The summed E-state index contributed by atoms with van der Waals surface area (Å²) < 4.78 is 1.91. The standard InChI is InChI=1S/C13H24N6/c1-10-4-6-11(7-5-10)17-13(14-2)15-8-12-18-16-9-19(12)3/h9-11H,4-8H2,1-3H3,(H2,14,15,17). The lowest BCUT2D eigenvalue weighted by atomic mass is 9.87. The maximum absolute atomic E-state index is 4.27. The van der Waals surface area contributed by atoms with Crippen LogP contribution in [-0.4, -0.2) is 33.8 Å². The second kappa shape index (κ2) is 6.54. The second-order valence-electron chi connectivity index (χ2n) is 5.38. The van der Waals surface area contributed by atoms with Crippen LogP contribution in [0.15, 0.2) is 11.3 Å². The van der Waals surface area contributed by atoms with Crippen LogP contribution in [0.4, 0.5) is 0 Å². The average molecular weight is 264 g/mol. The maximum Gasteiger partial charge on any atom is 0.191 e. The van der Waals surface area contributed by atoms with Crippen molar-refractivity contribution in [3.8, 4) is 0 Å². The van der Waals surface area contributed by atoms with E-state index in [2.05, 4.69) is 32.7 Å². The van der Waals surface area contributed by atoms with Crippen LogP contribution in [0.25, 0.3) is 0 Å². The molecule has 0 aromatic carbocycles. The van der Waals surface area contributed by atoms with Crippen molar-refractivity contribution in [2.75, 3.05) is 7.05 Å². The Kier molecular flexibility index (Phi) is 4.76. The minimum absolute atomic E-state index is 0.543. The van der Waals surface area contributed by atoms with Crippen molar-refractivity contribution in [2.45, 2.75) is 45.2 Å². The first-order chi connectivity index (χ1) is 9.19. The molecular formula is C13H24N6. The van der Waals surface area contributed by atoms with Gasteiger partial charge in [-0.3, -0.25) is 4.99 Å². The number of aromatic nitrogens is 3. The van der Waals surface area contributed by atoms with Gasteiger partial charge in [0, 0.05) is 20.1 Å². The highest BCUT2D eigenvalue weighted by Crippen LogP contribution is 2.23. The molecule has 0 saturated heterocycles. The van der Waals surface area contributed by atoms with Gasteiger partial charge in [-0.1, -0.05) is 6.92 Å². The van der Waals surface area contributed by atoms with Crippen LogP contribution in [0.5, 0.6) is 0 Å². The molecule has 0 atom stereocenters. The first-order valence-corrected chi connectivity index (χ1v) is 6.99. The maximum atomic E-state index is 4.27. The molecule has 19 heavy (non-hydrogen) atoms. The Hall–Kier alpha value is -1.59. The van der Waals surface area contributed by atoms with Gasteiger partial charge in [0.15, 0.2) is 11.8 Å². The van der Waals surface area contributed by atoms with Gasteiger partial charge in [-0.2, -0.15) is 0 Å². The number of nitrogens with one attached hydrogen (secondary N) is 2. The quantitative estimate of drug-likeness (QED) is 0.633. The van der Waals surface area contributed by atoms with Gasteiger partial charge in [-0.15, -0.1) is 10.2 Å². The van der Waals surface area contributed by atoms with Crippen LogP contribution >= 0.6 is 0 Å². The average Bonchev–Trinajstić information content (AvgIpc) is 2.82. The van der Waals surface area contributed by atoms with E-state index in [1.54, 1.807) is 13.4 Å². The Labute approximate surface area is 114 Å². The summed E-state index contributed by atoms with van der Waals surface area (Å²) in [7, 11) is 3.74. The molecule has 1 aromatic heterocycles. The number of nitrogens with zero attached hydrogens (tertiary/aromatic N) is 4. The van der Waals surface area contributed by atoms with E-state index >= 15 is 0 Å². The van der Waals surface area contributed by atoms with E-state index < -0.39 is 0 Å². The number of rotatable bonds is 3. The minimum Gasteiger partial charge on any atom is -0.354 e. The third kappa shape index (κ3) is 3.94. The molecule has 2 N–H and O–H groups in total. The highest BCUT2D eigenvalue weighted by atomic mass is 15.3. The Bertz CT molecular complexity index is 417. The van der Waals surface area contributed by atoms with Crippen molar-refractivity contribution < 1.29 is 0 Å². The molecule has 1 aromatic rings. The molecule has 0 spiro atoms. The Morgan fingerprint density at radius 1 is 1.42 bits per heavy atom. The van der Waals surface area contributed by atoms with Gasteiger partial charge in [0.05, 0.1) is 6.54 Å². The highest BCUT2D eigenvalue weighted by Gasteiger charge is 2.18. The zero-order valence-corrected chi connectivity index (χ0v) is 12.1. The molecule has 0 aliphatic heterocycles. The monoisotopic (exact) mass is 264 g/mol. The lowest BCUT2D eigenvalue weighted by Gasteiger charge is -2.28. The highest BCUT2D eigenvalue weighted by molar-refractivity contribution is 5.79. The molecular weight excluding hydrogens is 240 g/mol. The third-order valence-electron chi connectivity index (χ3n) is 3.80. The summed E-state index contributed by atoms with van der Waals surface area (Å²) in [5, 5.41) is 14.7. The van der Waals surface area contributed by atoms with Crippen molar-refractivity contribution >= 4 is 5.96 Å². The van der Waals surface area contributed by atoms with Crippen LogP contribution < -0.4 is 10.6 Å². The zero-order valence-electron chi connectivity index (χ0n) is 12.1. The summed E-state index contributed by atoms with van der Waals surface area (Å²) in [5.41, 5.74) is 0. The van der Waals surface area contributed by atoms with Crippen LogP contribution in [-0.2, 0) is 13.6 Å². The van der Waals surface area contributed by atoms with Crippen LogP contribution in [0.2, 0.25) is 0 Å². The molecule has 1 aliphatic carbocycles. The van der Waals surface area contributed by atoms with E-state index in [-0.39, 0.29) is 0 Å². The predicted octanol–water partition coefficient (Wildman–Crippen LogP) is 1.06. The Morgan fingerprint density at radius 3 is 2.74 bits per heavy atom. The van der Waals surface area contributed by atoms with Gasteiger partial charge in [-0.25, -0.2) is 0 Å². The molecule has 1 fully saturated rings. The fraction of sp³-hybridized carbons (Fsp3) is 0.769. The van der Waals surface area contributed by atoms with Crippen LogP contribution in [0, 0.1) is 5.92 Å². The van der Waals surface area contributed by atoms with Gasteiger partial charge in [-0.05, 0) is 31.6 Å². The lowest BCUT2D eigenvalue weighted by molar-refractivity contribution is 0.329. The molecule has 6 nitrogen and oxygen atoms in total. The normalized spacial score (nSPS) is 24.3. The second-order valence-corrected chi connectivity index (χ2v) is 5.38. The summed E-state index contributed by atoms with van der Waals surface area (Å²) in [6, 6.07) is 0.543. The summed E-state index contributed by atoms with van der Waals surface area (Å²) in [4.78, 5) is 4.27. The fourth-order valence-corrected chi connectivity index (χ4v) is 2.42. The Balaban J connectivity index is 1.79. The topological polar surface area (TPSA) is 67.1 Å². The summed E-state index contributed by atoms with van der Waals surface area (Å²) in [5.74, 6) is 2.62. The molecule has 1 heterocycles. The van der Waals surface area contributed by atoms with Crippen molar-refractivity contribution in [1.82, 2.24) is 25.4 Å². The summed E-state index contributed by atoms with van der Waals surface area (Å²) in [6.07, 6.45) is 6.77. The number of hydrogen-bond acceptors (Lipinski definition) is 3. The largest absolute Gasteiger partial charge is 0.354 e. The van der Waals surface area contributed by atoms with E-state index in [1.165, 1.54) is 25.7 Å². The summed E-state index contributed by atoms with van der Waals surface area (Å²) >= 11 is 0. The number of hydrogen-bond donors (Lipinski definition) is 2. The van der Waals surface area contributed by atoms with Crippen molar-refractivity contribution in [2.24, 2.45) is 18.0 Å². The number of aliphatic imine (C=N–C) groups is 1. The van der Waals surface area contributed by atoms with Crippen LogP contribution in [0.3, 0.4) is 0 Å². The SMILES string of the molecule is CN=C(NCc1nncn1C)NC1CCC(C)CC1. The molecule has 0 amide bonds. The van der Waals surface area contributed by atoms with Crippen molar-refractivity contribution in [1.29, 1.82) is 0 Å².